The summed E-state index contributed by atoms with van der Waals surface area (Å²) in [6.07, 6.45) is 2.26. The molecule has 0 aliphatic carbocycles. The molecule has 19 heavy (non-hydrogen) atoms. The number of pyridine rings is 1. The van der Waals surface area contributed by atoms with Crippen molar-refractivity contribution in [2.24, 2.45) is 0 Å². The number of hydrogen-bond donors (Lipinski definition) is 1. The van der Waals surface area contributed by atoms with Gasteiger partial charge in [-0.2, -0.15) is 0 Å². The Morgan fingerprint density at radius 2 is 1.95 bits per heavy atom. The number of benzene rings is 1. The van der Waals surface area contributed by atoms with E-state index in [1.165, 1.54) is 0 Å². The summed E-state index contributed by atoms with van der Waals surface area (Å²) in [4.78, 5) is 15.2. The topological polar surface area (TPSA) is 51.2 Å². The molecule has 0 unspecified atom stereocenters. The molecule has 4 nitrogen and oxygen atoms in total. The molecule has 98 valence electrons. The molecular weight excluding hydrogens is 254 g/mol. The molecule has 1 heterocycles. The van der Waals surface area contributed by atoms with Crippen molar-refractivity contribution in [3.05, 3.63) is 59.9 Å². The van der Waals surface area contributed by atoms with E-state index in [9.17, 15) is 13.6 Å². The zero-order valence-electron chi connectivity index (χ0n) is 9.77. The number of hydrogen-bond acceptors (Lipinski definition) is 3. The van der Waals surface area contributed by atoms with Crippen LogP contribution in [-0.2, 0) is 11.3 Å². The number of ether oxygens (including phenoxy) is 1. The first kappa shape index (κ1) is 12.9. The van der Waals surface area contributed by atoms with Crippen LogP contribution in [0, 0.1) is 11.6 Å². The van der Waals surface area contributed by atoms with Crippen molar-refractivity contribution in [1.29, 1.82) is 0 Å². The molecule has 0 radical (unpaired) electrons. The first-order valence-corrected chi connectivity index (χ1v) is 5.43. The van der Waals surface area contributed by atoms with E-state index in [-0.39, 0.29) is 12.3 Å². The quantitative estimate of drug-likeness (QED) is 0.926. The van der Waals surface area contributed by atoms with Crippen molar-refractivity contribution in [3.8, 4) is 0 Å². The fraction of sp³-hybridized carbons (Fsp3) is 0.0769. The highest BCUT2D eigenvalue weighted by atomic mass is 19.1. The Kier molecular flexibility index (Phi) is 4.02. The predicted octanol–water partition coefficient (Wildman–Crippen LogP) is 3.11. The molecule has 1 N–H and O–H groups in total. The largest absolute Gasteiger partial charge is 0.444 e. The van der Waals surface area contributed by atoms with E-state index in [1.807, 2.05) is 0 Å². The van der Waals surface area contributed by atoms with Crippen molar-refractivity contribution in [3.63, 3.8) is 0 Å². The lowest BCUT2D eigenvalue weighted by Gasteiger charge is -2.07. The highest BCUT2D eigenvalue weighted by molar-refractivity contribution is 5.84. The fourth-order valence-electron chi connectivity index (χ4n) is 1.37. The number of nitrogens with zero attached hydrogens (tertiary/aromatic N) is 1. The highest BCUT2D eigenvalue weighted by Crippen LogP contribution is 2.15. The number of carbonyl (C=O) groups excluding carboxylic acids is 1. The van der Waals surface area contributed by atoms with E-state index < -0.39 is 17.7 Å². The molecule has 1 aromatic carbocycles. The fourth-order valence-corrected chi connectivity index (χ4v) is 1.37. The number of nitrogens with one attached hydrogen (secondary N) is 1. The Morgan fingerprint density at radius 3 is 2.68 bits per heavy atom. The van der Waals surface area contributed by atoms with Crippen molar-refractivity contribution in [2.75, 3.05) is 5.32 Å². The molecule has 0 aliphatic heterocycles. The van der Waals surface area contributed by atoms with Gasteiger partial charge < -0.3 is 4.74 Å². The molecule has 0 fully saturated rings. The van der Waals surface area contributed by atoms with Gasteiger partial charge in [0.2, 0.25) is 0 Å². The number of aromatic nitrogens is 1. The van der Waals surface area contributed by atoms with Crippen LogP contribution < -0.4 is 5.32 Å². The summed E-state index contributed by atoms with van der Waals surface area (Å²) in [5.74, 6) is -1.38. The van der Waals surface area contributed by atoms with Gasteiger partial charge in [0.25, 0.3) is 0 Å². The average molecular weight is 264 g/mol. The van der Waals surface area contributed by atoms with Crippen molar-refractivity contribution in [2.45, 2.75) is 6.61 Å². The summed E-state index contributed by atoms with van der Waals surface area (Å²) >= 11 is 0. The van der Waals surface area contributed by atoms with Crippen LogP contribution in [0.5, 0.6) is 0 Å². The normalized spacial score (nSPS) is 10.0. The Labute approximate surface area is 108 Å². The van der Waals surface area contributed by atoms with Crippen molar-refractivity contribution >= 4 is 11.8 Å². The maximum atomic E-state index is 13.2. The maximum Gasteiger partial charge on any atom is 0.412 e. The van der Waals surface area contributed by atoms with Gasteiger partial charge >= 0.3 is 6.09 Å². The molecule has 0 saturated heterocycles. The Balaban J connectivity index is 1.93. The van der Waals surface area contributed by atoms with Crippen LogP contribution in [0.25, 0.3) is 0 Å². The second-order valence-electron chi connectivity index (χ2n) is 3.68. The number of anilines is 1. The molecule has 1 aromatic heterocycles. The van der Waals surface area contributed by atoms with E-state index in [2.05, 4.69) is 10.3 Å². The number of rotatable bonds is 3. The lowest BCUT2D eigenvalue weighted by Crippen LogP contribution is -2.14. The molecule has 0 spiro atoms. The molecule has 6 heteroatoms. The third-order valence-electron chi connectivity index (χ3n) is 2.28. The zero-order chi connectivity index (χ0) is 13.7. The van der Waals surface area contributed by atoms with Crippen LogP contribution in [0.1, 0.15) is 5.56 Å². The van der Waals surface area contributed by atoms with Crippen LogP contribution in [0.2, 0.25) is 0 Å². The smallest absolute Gasteiger partial charge is 0.412 e. The molecule has 0 atom stereocenters. The van der Waals surface area contributed by atoms with Gasteiger partial charge in [-0.25, -0.2) is 13.6 Å². The van der Waals surface area contributed by atoms with Crippen LogP contribution in [0.4, 0.5) is 19.3 Å². The minimum atomic E-state index is -0.860. The van der Waals surface area contributed by atoms with Gasteiger partial charge in [0, 0.05) is 18.5 Å². The average Bonchev–Trinajstić information content (AvgIpc) is 2.42. The molecular formula is C13H10F2N2O2. The second-order valence-corrected chi connectivity index (χ2v) is 3.68. The number of amides is 1. The summed E-state index contributed by atoms with van der Waals surface area (Å²) in [5, 5.41) is 2.13. The third kappa shape index (κ3) is 3.74. The van der Waals surface area contributed by atoms with Crippen LogP contribution in [-0.4, -0.2) is 11.1 Å². The zero-order valence-corrected chi connectivity index (χ0v) is 9.77. The van der Waals surface area contributed by atoms with Crippen LogP contribution in [0.15, 0.2) is 42.7 Å². The molecule has 1 amide bonds. The van der Waals surface area contributed by atoms with Crippen molar-refractivity contribution in [1.82, 2.24) is 4.98 Å². The Bertz CT molecular complexity index is 576. The SMILES string of the molecule is O=C(Nc1cc(F)ccc1F)OCc1ccncc1. The lowest BCUT2D eigenvalue weighted by atomic mass is 10.3. The molecule has 0 saturated carbocycles. The second kappa shape index (κ2) is 5.90. The molecule has 0 bridgehead atoms. The summed E-state index contributed by atoms with van der Waals surface area (Å²) in [6.45, 7) is 0.0191. The van der Waals surface area contributed by atoms with Gasteiger partial charge in [0.1, 0.15) is 18.2 Å². The van der Waals surface area contributed by atoms with E-state index in [4.69, 9.17) is 4.74 Å². The first-order valence-electron chi connectivity index (χ1n) is 5.43. The van der Waals surface area contributed by atoms with E-state index in [1.54, 1.807) is 24.5 Å². The standard InChI is InChI=1S/C13H10F2N2O2/c14-10-1-2-11(15)12(7-10)17-13(18)19-8-9-3-5-16-6-4-9/h1-7H,8H2,(H,17,18). The van der Waals surface area contributed by atoms with E-state index >= 15 is 0 Å². The number of carbonyl (C=O) groups is 1. The van der Waals surface area contributed by atoms with Gasteiger partial charge in [-0.1, -0.05) is 0 Å². The Morgan fingerprint density at radius 1 is 1.21 bits per heavy atom. The molecule has 2 rings (SSSR count). The van der Waals surface area contributed by atoms with Crippen LogP contribution in [0.3, 0.4) is 0 Å². The molecule has 2 aromatic rings. The monoisotopic (exact) mass is 264 g/mol. The Hall–Kier alpha value is -2.50. The lowest BCUT2D eigenvalue weighted by molar-refractivity contribution is 0.155. The van der Waals surface area contributed by atoms with Gasteiger partial charge in [-0.3, -0.25) is 10.3 Å². The maximum absolute atomic E-state index is 13.2. The van der Waals surface area contributed by atoms with Gasteiger partial charge in [-0.15, -0.1) is 0 Å². The summed E-state index contributed by atoms with van der Waals surface area (Å²) in [7, 11) is 0. The minimum absolute atomic E-state index is 0.0191. The molecule has 0 aliphatic rings. The predicted molar refractivity (Wildman–Crippen MR) is 64.4 cm³/mol. The van der Waals surface area contributed by atoms with Gasteiger partial charge in [0.05, 0.1) is 5.69 Å². The van der Waals surface area contributed by atoms with E-state index in [0.29, 0.717) is 0 Å². The number of halogens is 2. The highest BCUT2D eigenvalue weighted by Gasteiger charge is 2.09. The van der Waals surface area contributed by atoms with Gasteiger partial charge in [0.15, 0.2) is 0 Å². The summed E-state index contributed by atoms with van der Waals surface area (Å²) < 4.78 is 31.0. The summed E-state index contributed by atoms with van der Waals surface area (Å²) in [5.41, 5.74) is 0.476. The summed E-state index contributed by atoms with van der Waals surface area (Å²) in [6, 6.07) is 6.12. The first-order chi connectivity index (χ1) is 9.15. The van der Waals surface area contributed by atoms with E-state index in [0.717, 1.165) is 23.8 Å². The van der Waals surface area contributed by atoms with Crippen LogP contribution >= 0.6 is 0 Å². The van der Waals surface area contributed by atoms with Gasteiger partial charge in [-0.05, 0) is 29.8 Å². The minimum Gasteiger partial charge on any atom is -0.444 e. The van der Waals surface area contributed by atoms with Crippen molar-refractivity contribution < 1.29 is 18.3 Å². The third-order valence-corrected chi connectivity index (χ3v) is 2.28.